The molecule has 0 saturated heterocycles. The molecule has 1 aromatic heterocycles. The van der Waals surface area contributed by atoms with Crippen molar-refractivity contribution in [2.45, 2.75) is 0 Å². The van der Waals surface area contributed by atoms with Crippen molar-refractivity contribution >= 4 is 18.1 Å². The highest BCUT2D eigenvalue weighted by Crippen LogP contribution is 2.30. The summed E-state index contributed by atoms with van der Waals surface area (Å²) in [6.07, 6.45) is 1.62. The number of nitrogens with zero attached hydrogens (tertiary/aromatic N) is 2. The summed E-state index contributed by atoms with van der Waals surface area (Å²) in [5, 5.41) is 28.4. The molecule has 0 unspecified atom stereocenters. The third-order valence-electron chi connectivity index (χ3n) is 3.32. The quantitative estimate of drug-likeness (QED) is 0.721. The minimum Gasteiger partial charge on any atom is -0.512 e. The number of pyridine rings is 1. The van der Waals surface area contributed by atoms with Crippen molar-refractivity contribution in [3.05, 3.63) is 60.4 Å². The van der Waals surface area contributed by atoms with Crippen LogP contribution in [-0.2, 0) is 0 Å². The number of hydrogen-bond donors (Lipinski definition) is 2. The standard InChI is InChI=1S/C16H11BN2O3/c18-10-16-15-3-1-2-13(14(15)8-9-19-16)11-4-6-12(7-5-11)22-17(20)21/h1-9,20-21H. The molecular formula is C16H11BN2O3. The highest BCUT2D eigenvalue weighted by molar-refractivity contribution is 6.33. The van der Waals surface area contributed by atoms with E-state index >= 15 is 0 Å². The summed E-state index contributed by atoms with van der Waals surface area (Å²) >= 11 is 0. The molecule has 3 aromatic rings. The van der Waals surface area contributed by atoms with E-state index in [-0.39, 0.29) is 0 Å². The largest absolute Gasteiger partial charge is 0.707 e. The lowest BCUT2D eigenvalue weighted by atomic mass is 9.98. The fourth-order valence-corrected chi connectivity index (χ4v) is 2.38. The van der Waals surface area contributed by atoms with Gasteiger partial charge in [-0.3, -0.25) is 0 Å². The smallest absolute Gasteiger partial charge is 0.512 e. The molecule has 0 fully saturated rings. The maximum atomic E-state index is 9.14. The lowest BCUT2D eigenvalue weighted by Gasteiger charge is -2.09. The highest BCUT2D eigenvalue weighted by Gasteiger charge is 2.11. The van der Waals surface area contributed by atoms with E-state index in [9.17, 15) is 0 Å². The minimum absolute atomic E-state index is 0.360. The Morgan fingerprint density at radius 1 is 1.00 bits per heavy atom. The van der Waals surface area contributed by atoms with Crippen molar-refractivity contribution in [1.82, 2.24) is 4.98 Å². The molecule has 0 spiro atoms. The summed E-state index contributed by atoms with van der Waals surface area (Å²) in [5.41, 5.74) is 2.29. The zero-order valence-electron chi connectivity index (χ0n) is 11.5. The molecule has 0 aliphatic rings. The van der Waals surface area contributed by atoms with Crippen molar-refractivity contribution < 1.29 is 14.7 Å². The van der Waals surface area contributed by atoms with Crippen LogP contribution in [-0.4, -0.2) is 22.4 Å². The molecule has 106 valence electrons. The molecule has 6 heteroatoms. The summed E-state index contributed by atoms with van der Waals surface area (Å²) in [7, 11) is -1.84. The summed E-state index contributed by atoms with van der Waals surface area (Å²) in [6.45, 7) is 0. The Morgan fingerprint density at radius 3 is 2.45 bits per heavy atom. The van der Waals surface area contributed by atoms with Crippen molar-refractivity contribution in [2.24, 2.45) is 0 Å². The molecule has 0 amide bonds. The van der Waals surface area contributed by atoms with Gasteiger partial charge in [0.2, 0.25) is 0 Å². The molecule has 0 radical (unpaired) electrons. The van der Waals surface area contributed by atoms with Crippen LogP contribution in [0.5, 0.6) is 5.75 Å². The second-order valence-electron chi connectivity index (χ2n) is 4.64. The van der Waals surface area contributed by atoms with E-state index in [1.807, 2.05) is 36.4 Å². The average Bonchev–Trinajstić information content (AvgIpc) is 2.54. The molecule has 0 aliphatic heterocycles. The molecule has 2 aromatic carbocycles. The molecule has 0 aliphatic carbocycles. The summed E-state index contributed by atoms with van der Waals surface area (Å²) < 4.78 is 4.79. The van der Waals surface area contributed by atoms with Gasteiger partial charge in [0.1, 0.15) is 17.5 Å². The van der Waals surface area contributed by atoms with E-state index in [2.05, 4.69) is 11.1 Å². The molecule has 0 atom stereocenters. The zero-order valence-corrected chi connectivity index (χ0v) is 11.5. The molecule has 5 nitrogen and oxygen atoms in total. The number of aromatic nitrogens is 1. The predicted octanol–water partition coefficient (Wildman–Crippen LogP) is 2.12. The molecule has 0 bridgehead atoms. The SMILES string of the molecule is N#Cc1nccc2c(-c3ccc(OB(O)O)cc3)cccc12. The van der Waals surface area contributed by atoms with Crippen molar-refractivity contribution in [3.63, 3.8) is 0 Å². The van der Waals surface area contributed by atoms with Crippen LogP contribution in [0, 0.1) is 11.3 Å². The predicted molar refractivity (Wildman–Crippen MR) is 82.7 cm³/mol. The number of benzene rings is 2. The lowest BCUT2D eigenvalue weighted by Crippen LogP contribution is -2.20. The maximum absolute atomic E-state index is 9.14. The summed E-state index contributed by atoms with van der Waals surface area (Å²) in [6, 6.07) is 16.6. The van der Waals surface area contributed by atoms with Crippen LogP contribution < -0.4 is 4.65 Å². The van der Waals surface area contributed by atoms with Gasteiger partial charge < -0.3 is 14.7 Å². The number of fused-ring (bicyclic) bond motifs is 1. The van der Waals surface area contributed by atoms with E-state index in [4.69, 9.17) is 20.0 Å². The Bertz CT molecular complexity index is 857. The third kappa shape index (κ3) is 2.63. The fourth-order valence-electron chi connectivity index (χ4n) is 2.38. The van der Waals surface area contributed by atoms with Crippen molar-refractivity contribution in [3.8, 4) is 22.9 Å². The maximum Gasteiger partial charge on any atom is 0.707 e. The molecule has 22 heavy (non-hydrogen) atoms. The molecule has 2 N–H and O–H groups in total. The first kappa shape index (κ1) is 14.1. The van der Waals surface area contributed by atoms with Gasteiger partial charge in [-0.1, -0.05) is 30.3 Å². The first-order valence-corrected chi connectivity index (χ1v) is 6.60. The number of hydrogen-bond acceptors (Lipinski definition) is 5. The Balaban J connectivity index is 2.09. The van der Waals surface area contributed by atoms with Crippen LogP contribution in [0.15, 0.2) is 54.7 Å². The van der Waals surface area contributed by atoms with Gasteiger partial charge in [-0.2, -0.15) is 5.26 Å². The van der Waals surface area contributed by atoms with Gasteiger partial charge in [0.25, 0.3) is 0 Å². The number of rotatable bonds is 3. The van der Waals surface area contributed by atoms with E-state index in [1.54, 1.807) is 18.3 Å². The van der Waals surface area contributed by atoms with Crippen LogP contribution in [0.1, 0.15) is 5.69 Å². The highest BCUT2D eigenvalue weighted by atomic mass is 16.6. The third-order valence-corrected chi connectivity index (χ3v) is 3.32. The number of nitriles is 1. The first-order chi connectivity index (χ1) is 10.7. The average molecular weight is 290 g/mol. The Hall–Kier alpha value is -2.88. The van der Waals surface area contributed by atoms with E-state index in [0.29, 0.717) is 11.4 Å². The van der Waals surface area contributed by atoms with E-state index in [0.717, 1.165) is 21.9 Å². The minimum atomic E-state index is -1.84. The van der Waals surface area contributed by atoms with Gasteiger partial charge in [0.15, 0.2) is 0 Å². The monoisotopic (exact) mass is 290 g/mol. The van der Waals surface area contributed by atoms with E-state index in [1.165, 1.54) is 0 Å². The van der Waals surface area contributed by atoms with Gasteiger partial charge in [-0.25, -0.2) is 4.98 Å². The van der Waals surface area contributed by atoms with Gasteiger partial charge >= 0.3 is 7.32 Å². The lowest BCUT2D eigenvalue weighted by molar-refractivity contribution is 0.288. The Kier molecular flexibility index (Phi) is 3.75. The second kappa shape index (κ2) is 5.86. The second-order valence-corrected chi connectivity index (χ2v) is 4.64. The fraction of sp³-hybridized carbons (Fsp3) is 0. The van der Waals surface area contributed by atoms with Gasteiger partial charge in [-0.05, 0) is 34.7 Å². The molecule has 3 rings (SSSR count). The van der Waals surface area contributed by atoms with Crippen molar-refractivity contribution in [2.75, 3.05) is 0 Å². The van der Waals surface area contributed by atoms with E-state index < -0.39 is 7.32 Å². The molecule has 0 saturated carbocycles. The zero-order chi connectivity index (χ0) is 15.5. The van der Waals surface area contributed by atoms with Gasteiger partial charge in [0, 0.05) is 11.6 Å². The van der Waals surface area contributed by atoms with Gasteiger partial charge in [0.05, 0.1) is 0 Å². The van der Waals surface area contributed by atoms with Crippen LogP contribution in [0.3, 0.4) is 0 Å². The van der Waals surface area contributed by atoms with Crippen LogP contribution in [0.25, 0.3) is 21.9 Å². The normalized spacial score (nSPS) is 10.2. The molecular weight excluding hydrogens is 279 g/mol. The van der Waals surface area contributed by atoms with Crippen LogP contribution >= 0.6 is 0 Å². The topological polar surface area (TPSA) is 86.4 Å². The first-order valence-electron chi connectivity index (χ1n) is 6.60. The van der Waals surface area contributed by atoms with Crippen LogP contribution in [0.2, 0.25) is 0 Å². The van der Waals surface area contributed by atoms with Crippen molar-refractivity contribution in [1.29, 1.82) is 5.26 Å². The van der Waals surface area contributed by atoms with Crippen LogP contribution in [0.4, 0.5) is 0 Å². The Morgan fingerprint density at radius 2 is 1.77 bits per heavy atom. The summed E-state index contributed by atoms with van der Waals surface area (Å²) in [4.78, 5) is 4.07. The summed E-state index contributed by atoms with van der Waals surface area (Å²) in [5.74, 6) is 0.360. The van der Waals surface area contributed by atoms with Gasteiger partial charge in [-0.15, -0.1) is 0 Å². The Labute approximate surface area is 127 Å². The molecule has 1 heterocycles.